The molecule has 2 rings (SSSR count). The van der Waals surface area contributed by atoms with Gasteiger partial charge in [-0.05, 0) is 48.4 Å². The van der Waals surface area contributed by atoms with Crippen LogP contribution in [-0.4, -0.2) is 50.5 Å². The van der Waals surface area contributed by atoms with Crippen LogP contribution in [0.1, 0.15) is 69.6 Å². The number of para-hydroxylation sites is 1. The molecule has 7 nitrogen and oxygen atoms in total. The SMILES string of the molecule is CCCCNC(=O)C(CC)N(Cc1ccccc1C)C(=O)CN(c1ccccc1C(C)C)S(C)(=O)=O. The molecule has 0 bridgehead atoms. The molecule has 8 heteroatoms. The highest BCUT2D eigenvalue weighted by molar-refractivity contribution is 7.92. The Bertz CT molecular complexity index is 1130. The Balaban J connectivity index is 2.48. The minimum absolute atomic E-state index is 0.0661. The van der Waals surface area contributed by atoms with Gasteiger partial charge in [0.2, 0.25) is 21.8 Å². The van der Waals surface area contributed by atoms with Gasteiger partial charge < -0.3 is 10.2 Å². The molecule has 2 aromatic rings. The van der Waals surface area contributed by atoms with Gasteiger partial charge in [-0.2, -0.15) is 0 Å². The van der Waals surface area contributed by atoms with E-state index < -0.39 is 22.0 Å². The molecular weight excluding hydrogens is 474 g/mol. The number of amides is 2. The highest BCUT2D eigenvalue weighted by Gasteiger charge is 2.32. The maximum absolute atomic E-state index is 13.8. The largest absolute Gasteiger partial charge is 0.354 e. The smallest absolute Gasteiger partial charge is 0.244 e. The van der Waals surface area contributed by atoms with Crippen molar-refractivity contribution in [3.05, 3.63) is 65.2 Å². The molecule has 1 unspecified atom stereocenters. The monoisotopic (exact) mass is 515 g/mol. The molecule has 0 fully saturated rings. The summed E-state index contributed by atoms with van der Waals surface area (Å²) >= 11 is 0. The number of aryl methyl sites for hydroxylation is 1. The average Bonchev–Trinajstić information content (AvgIpc) is 2.82. The molecule has 0 aliphatic carbocycles. The van der Waals surface area contributed by atoms with Gasteiger partial charge in [0, 0.05) is 13.1 Å². The molecule has 0 aliphatic rings. The third-order valence-corrected chi connectivity index (χ3v) is 7.45. The maximum atomic E-state index is 13.8. The Labute approximate surface area is 216 Å². The zero-order valence-corrected chi connectivity index (χ0v) is 23.3. The highest BCUT2D eigenvalue weighted by Crippen LogP contribution is 2.29. The second-order valence-corrected chi connectivity index (χ2v) is 11.4. The zero-order valence-electron chi connectivity index (χ0n) is 22.5. The molecule has 0 radical (unpaired) electrons. The minimum atomic E-state index is -3.77. The van der Waals surface area contributed by atoms with Gasteiger partial charge in [0.1, 0.15) is 12.6 Å². The van der Waals surface area contributed by atoms with Gasteiger partial charge >= 0.3 is 0 Å². The van der Waals surface area contributed by atoms with Crippen molar-refractivity contribution >= 4 is 27.5 Å². The molecule has 0 saturated carbocycles. The number of anilines is 1. The molecule has 1 atom stereocenters. The molecule has 0 saturated heterocycles. The molecule has 2 aromatic carbocycles. The van der Waals surface area contributed by atoms with Crippen LogP contribution in [0.3, 0.4) is 0 Å². The number of nitrogens with zero attached hydrogens (tertiary/aromatic N) is 2. The van der Waals surface area contributed by atoms with Crippen LogP contribution in [0.15, 0.2) is 48.5 Å². The van der Waals surface area contributed by atoms with Crippen LogP contribution in [-0.2, 0) is 26.2 Å². The van der Waals surface area contributed by atoms with Gasteiger partial charge in [-0.25, -0.2) is 8.42 Å². The van der Waals surface area contributed by atoms with Gasteiger partial charge in [0.25, 0.3) is 0 Å². The van der Waals surface area contributed by atoms with Crippen LogP contribution >= 0.6 is 0 Å². The second kappa shape index (κ2) is 13.4. The van der Waals surface area contributed by atoms with Crippen LogP contribution in [0.2, 0.25) is 0 Å². The van der Waals surface area contributed by atoms with E-state index in [0.717, 1.165) is 40.1 Å². The van der Waals surface area contributed by atoms with E-state index in [0.29, 0.717) is 18.7 Å². The summed E-state index contributed by atoms with van der Waals surface area (Å²) in [6, 6.07) is 14.2. The molecule has 2 amide bonds. The van der Waals surface area contributed by atoms with Crippen LogP contribution in [0, 0.1) is 6.92 Å². The molecule has 0 aromatic heterocycles. The fourth-order valence-electron chi connectivity index (χ4n) is 4.19. The van der Waals surface area contributed by atoms with Gasteiger partial charge in [-0.1, -0.05) is 76.6 Å². The van der Waals surface area contributed by atoms with Crippen molar-refractivity contribution in [1.82, 2.24) is 10.2 Å². The van der Waals surface area contributed by atoms with Crippen molar-refractivity contribution in [2.45, 2.75) is 72.4 Å². The van der Waals surface area contributed by atoms with Gasteiger partial charge in [0.15, 0.2) is 0 Å². The van der Waals surface area contributed by atoms with Crippen molar-refractivity contribution < 1.29 is 18.0 Å². The van der Waals surface area contributed by atoms with Crippen LogP contribution in [0.5, 0.6) is 0 Å². The number of hydrogen-bond donors (Lipinski definition) is 1. The van der Waals surface area contributed by atoms with Gasteiger partial charge in [0.05, 0.1) is 11.9 Å². The first-order valence-electron chi connectivity index (χ1n) is 12.7. The van der Waals surface area contributed by atoms with Gasteiger partial charge in [-0.3, -0.25) is 13.9 Å². The van der Waals surface area contributed by atoms with Crippen molar-refractivity contribution in [2.75, 3.05) is 23.7 Å². The Morgan fingerprint density at radius 2 is 1.64 bits per heavy atom. The molecule has 198 valence electrons. The molecule has 36 heavy (non-hydrogen) atoms. The fraction of sp³-hybridized carbons (Fsp3) is 0.500. The number of carbonyl (C=O) groups excluding carboxylic acids is 2. The summed E-state index contributed by atoms with van der Waals surface area (Å²) in [5.74, 6) is -0.572. The summed E-state index contributed by atoms with van der Waals surface area (Å²) in [5.41, 5.74) is 3.24. The van der Waals surface area contributed by atoms with Crippen molar-refractivity contribution in [3.63, 3.8) is 0 Å². The number of benzene rings is 2. The van der Waals surface area contributed by atoms with Crippen molar-refractivity contribution in [3.8, 4) is 0 Å². The molecule has 0 aliphatic heterocycles. The highest BCUT2D eigenvalue weighted by atomic mass is 32.2. The summed E-state index contributed by atoms with van der Waals surface area (Å²) in [6.45, 7) is 10.2. The third-order valence-electron chi connectivity index (χ3n) is 6.32. The summed E-state index contributed by atoms with van der Waals surface area (Å²) in [5, 5.41) is 2.94. The van der Waals surface area contributed by atoms with E-state index in [-0.39, 0.29) is 24.9 Å². The normalized spacial score (nSPS) is 12.3. The summed E-state index contributed by atoms with van der Waals surface area (Å²) in [4.78, 5) is 28.5. The lowest BCUT2D eigenvalue weighted by Gasteiger charge is -2.33. The fourth-order valence-corrected chi connectivity index (χ4v) is 5.06. The topological polar surface area (TPSA) is 86.8 Å². The molecular formula is C28H41N3O4S. The predicted octanol–water partition coefficient (Wildman–Crippen LogP) is 4.61. The number of unbranched alkanes of at least 4 members (excludes halogenated alkanes) is 1. The Morgan fingerprint density at radius 1 is 1.00 bits per heavy atom. The first-order valence-corrected chi connectivity index (χ1v) is 14.5. The van der Waals surface area contributed by atoms with E-state index in [4.69, 9.17) is 0 Å². The van der Waals surface area contributed by atoms with E-state index >= 15 is 0 Å². The third kappa shape index (κ3) is 7.82. The quantitative estimate of drug-likeness (QED) is 0.395. The van der Waals surface area contributed by atoms with Crippen molar-refractivity contribution in [2.24, 2.45) is 0 Å². The number of carbonyl (C=O) groups is 2. The average molecular weight is 516 g/mol. The lowest BCUT2D eigenvalue weighted by atomic mass is 10.0. The van der Waals surface area contributed by atoms with E-state index in [1.54, 1.807) is 12.1 Å². The predicted molar refractivity (Wildman–Crippen MR) is 146 cm³/mol. The number of sulfonamides is 1. The molecule has 0 heterocycles. The lowest BCUT2D eigenvalue weighted by molar-refractivity contribution is -0.140. The summed E-state index contributed by atoms with van der Waals surface area (Å²) < 4.78 is 27.0. The standard InChI is InChI=1S/C28H41N3O4S/c1-7-9-18-29-28(33)25(8-2)30(19-23-15-11-10-14-22(23)5)27(32)20-31(36(6,34)35)26-17-13-12-16-24(26)21(3)4/h10-17,21,25H,7-9,18-20H2,1-6H3,(H,29,33). The number of hydrogen-bond acceptors (Lipinski definition) is 4. The van der Waals surface area contributed by atoms with E-state index in [1.807, 2.05) is 71.0 Å². The Morgan fingerprint density at radius 3 is 2.22 bits per heavy atom. The number of rotatable bonds is 13. The zero-order chi connectivity index (χ0) is 26.9. The van der Waals surface area contributed by atoms with Gasteiger partial charge in [-0.15, -0.1) is 0 Å². The van der Waals surface area contributed by atoms with E-state index in [1.165, 1.54) is 4.90 Å². The van der Waals surface area contributed by atoms with Crippen LogP contribution in [0.25, 0.3) is 0 Å². The second-order valence-electron chi connectivity index (χ2n) is 9.50. The maximum Gasteiger partial charge on any atom is 0.244 e. The molecule has 1 N–H and O–H groups in total. The van der Waals surface area contributed by atoms with Crippen molar-refractivity contribution in [1.29, 1.82) is 0 Å². The summed E-state index contributed by atoms with van der Waals surface area (Å²) in [7, 11) is -3.77. The lowest BCUT2D eigenvalue weighted by Crippen LogP contribution is -2.52. The van der Waals surface area contributed by atoms with E-state index in [9.17, 15) is 18.0 Å². The van der Waals surface area contributed by atoms with Crippen LogP contribution < -0.4 is 9.62 Å². The Hall–Kier alpha value is -2.87. The number of nitrogens with one attached hydrogen (secondary N) is 1. The Kier molecular flexibility index (Phi) is 11.0. The summed E-state index contributed by atoms with van der Waals surface area (Å²) in [6.07, 6.45) is 3.32. The first-order chi connectivity index (χ1) is 17.0. The molecule has 0 spiro atoms. The first kappa shape index (κ1) is 29.4. The minimum Gasteiger partial charge on any atom is -0.354 e. The van der Waals surface area contributed by atoms with E-state index in [2.05, 4.69) is 5.32 Å². The van der Waals surface area contributed by atoms with Crippen LogP contribution in [0.4, 0.5) is 5.69 Å².